The van der Waals surface area contributed by atoms with Crippen LogP contribution in [0.1, 0.15) is 24.8 Å². The molecule has 1 heteroatoms. The van der Waals surface area contributed by atoms with Crippen LogP contribution in [0.25, 0.3) is 0 Å². The molecule has 0 amide bonds. The van der Waals surface area contributed by atoms with Crippen molar-refractivity contribution in [1.29, 1.82) is 0 Å². The molecule has 0 bridgehead atoms. The molecule has 0 nitrogen and oxygen atoms in total. The second-order valence-electron chi connectivity index (χ2n) is 3.37. The molecule has 1 aliphatic rings. The molecular formula is C10H11Br. The summed E-state index contributed by atoms with van der Waals surface area (Å²) in [4.78, 5) is 0. The highest BCUT2D eigenvalue weighted by molar-refractivity contribution is 9.10. The monoisotopic (exact) mass is 210 g/mol. The van der Waals surface area contributed by atoms with Crippen LogP contribution in [-0.4, -0.2) is 0 Å². The third-order valence-corrected chi connectivity index (χ3v) is 2.94. The van der Waals surface area contributed by atoms with Crippen LogP contribution in [0.5, 0.6) is 0 Å². The van der Waals surface area contributed by atoms with Crippen LogP contribution in [0, 0.1) is 5.92 Å². The summed E-state index contributed by atoms with van der Waals surface area (Å²) in [5.41, 5.74) is 1.50. The van der Waals surface area contributed by atoms with Gasteiger partial charge in [-0.15, -0.1) is 0 Å². The molecule has 1 aromatic carbocycles. The Hall–Kier alpha value is -0.300. The molecule has 58 valence electrons. The van der Waals surface area contributed by atoms with E-state index in [9.17, 15) is 0 Å². The third kappa shape index (κ3) is 1.48. The maximum absolute atomic E-state index is 3.43. The molecule has 1 saturated carbocycles. The van der Waals surface area contributed by atoms with Crippen molar-refractivity contribution in [3.05, 3.63) is 34.3 Å². The van der Waals surface area contributed by atoms with E-state index < -0.39 is 0 Å². The Bertz CT molecular complexity index is 250. The van der Waals surface area contributed by atoms with Gasteiger partial charge in [0.2, 0.25) is 0 Å². The smallest absolute Gasteiger partial charge is 0.0175 e. The highest BCUT2D eigenvalue weighted by Crippen LogP contribution is 2.46. The first kappa shape index (κ1) is 7.35. The first-order valence-corrected chi connectivity index (χ1v) is 4.82. The fourth-order valence-electron chi connectivity index (χ4n) is 1.50. The molecular weight excluding hydrogens is 200 g/mol. The van der Waals surface area contributed by atoms with Crippen LogP contribution < -0.4 is 0 Å². The van der Waals surface area contributed by atoms with Gasteiger partial charge in [0.15, 0.2) is 0 Å². The van der Waals surface area contributed by atoms with E-state index in [1.807, 2.05) is 0 Å². The molecule has 0 spiro atoms. The van der Waals surface area contributed by atoms with Crippen molar-refractivity contribution in [2.24, 2.45) is 5.92 Å². The summed E-state index contributed by atoms with van der Waals surface area (Å²) in [7, 11) is 0. The standard InChI is InChI=1S/C10H11Br/c1-7-6-10(7)8-2-4-9(11)5-3-8/h2-5,7,10H,6H2,1H3/t7-,10-/m0/s1. The van der Waals surface area contributed by atoms with Gasteiger partial charge in [-0.3, -0.25) is 0 Å². The Morgan fingerprint density at radius 1 is 1.27 bits per heavy atom. The van der Waals surface area contributed by atoms with Crippen molar-refractivity contribution >= 4 is 15.9 Å². The van der Waals surface area contributed by atoms with E-state index in [4.69, 9.17) is 0 Å². The zero-order chi connectivity index (χ0) is 7.84. The van der Waals surface area contributed by atoms with Crippen LogP contribution in [0.2, 0.25) is 0 Å². The van der Waals surface area contributed by atoms with E-state index in [0.717, 1.165) is 11.8 Å². The minimum atomic E-state index is 0.850. The fourth-order valence-corrected chi connectivity index (χ4v) is 1.76. The van der Waals surface area contributed by atoms with Crippen molar-refractivity contribution in [3.8, 4) is 0 Å². The molecule has 1 aliphatic carbocycles. The van der Waals surface area contributed by atoms with Gasteiger partial charge in [-0.25, -0.2) is 0 Å². The van der Waals surface area contributed by atoms with Gasteiger partial charge < -0.3 is 0 Å². The van der Waals surface area contributed by atoms with Crippen molar-refractivity contribution in [1.82, 2.24) is 0 Å². The lowest BCUT2D eigenvalue weighted by Crippen LogP contribution is -1.78. The summed E-state index contributed by atoms with van der Waals surface area (Å²) in [5.74, 6) is 1.76. The van der Waals surface area contributed by atoms with Crippen molar-refractivity contribution in [2.45, 2.75) is 19.3 Å². The average Bonchev–Trinajstić information content (AvgIpc) is 2.69. The number of hydrogen-bond donors (Lipinski definition) is 0. The van der Waals surface area contributed by atoms with Gasteiger partial charge in [0.1, 0.15) is 0 Å². The normalized spacial score (nSPS) is 28.5. The Balaban J connectivity index is 2.21. The van der Waals surface area contributed by atoms with Gasteiger partial charge in [0.25, 0.3) is 0 Å². The summed E-state index contributed by atoms with van der Waals surface area (Å²) in [5, 5.41) is 0. The maximum atomic E-state index is 3.43. The molecule has 0 radical (unpaired) electrons. The van der Waals surface area contributed by atoms with E-state index in [0.29, 0.717) is 0 Å². The molecule has 0 N–H and O–H groups in total. The van der Waals surface area contributed by atoms with E-state index in [1.54, 1.807) is 0 Å². The van der Waals surface area contributed by atoms with Gasteiger partial charge in [-0.1, -0.05) is 35.0 Å². The predicted molar refractivity (Wildman–Crippen MR) is 50.7 cm³/mol. The van der Waals surface area contributed by atoms with Crippen LogP contribution in [-0.2, 0) is 0 Å². The van der Waals surface area contributed by atoms with Gasteiger partial charge in [0.05, 0.1) is 0 Å². The molecule has 2 atom stereocenters. The highest BCUT2D eigenvalue weighted by atomic mass is 79.9. The summed E-state index contributed by atoms with van der Waals surface area (Å²) in [6.07, 6.45) is 1.38. The van der Waals surface area contributed by atoms with Crippen LogP contribution in [0.4, 0.5) is 0 Å². The van der Waals surface area contributed by atoms with E-state index in [1.165, 1.54) is 16.5 Å². The Kier molecular flexibility index (Phi) is 1.76. The van der Waals surface area contributed by atoms with Gasteiger partial charge in [-0.2, -0.15) is 0 Å². The van der Waals surface area contributed by atoms with Crippen LogP contribution >= 0.6 is 15.9 Å². The van der Waals surface area contributed by atoms with Gasteiger partial charge >= 0.3 is 0 Å². The largest absolute Gasteiger partial charge is 0.0619 e. The summed E-state index contributed by atoms with van der Waals surface area (Å²) < 4.78 is 1.18. The number of benzene rings is 1. The number of rotatable bonds is 1. The first-order valence-electron chi connectivity index (χ1n) is 4.03. The van der Waals surface area contributed by atoms with Gasteiger partial charge in [0, 0.05) is 4.47 Å². The lowest BCUT2D eigenvalue weighted by atomic mass is 10.1. The summed E-state index contributed by atoms with van der Waals surface area (Å²) in [6, 6.07) is 8.69. The highest BCUT2D eigenvalue weighted by Gasteiger charge is 2.33. The number of hydrogen-bond acceptors (Lipinski definition) is 0. The molecule has 11 heavy (non-hydrogen) atoms. The topological polar surface area (TPSA) is 0 Å². The van der Waals surface area contributed by atoms with E-state index >= 15 is 0 Å². The zero-order valence-corrected chi connectivity index (χ0v) is 8.14. The molecule has 1 aromatic rings. The molecule has 0 saturated heterocycles. The second kappa shape index (κ2) is 2.63. The van der Waals surface area contributed by atoms with Gasteiger partial charge in [-0.05, 0) is 36.0 Å². The van der Waals surface area contributed by atoms with E-state index in [-0.39, 0.29) is 0 Å². The average molecular weight is 211 g/mol. The molecule has 1 fully saturated rings. The predicted octanol–water partition coefficient (Wildman–Crippen LogP) is 3.57. The minimum absolute atomic E-state index is 0.850. The Morgan fingerprint density at radius 3 is 2.27 bits per heavy atom. The van der Waals surface area contributed by atoms with Crippen molar-refractivity contribution in [3.63, 3.8) is 0 Å². The Labute approximate surface area is 75.8 Å². The number of halogens is 1. The molecule has 0 aromatic heterocycles. The molecule has 0 unspecified atom stereocenters. The SMILES string of the molecule is C[C@H]1C[C@@H]1c1ccc(Br)cc1. The summed E-state index contributed by atoms with van der Waals surface area (Å²) >= 11 is 3.43. The van der Waals surface area contributed by atoms with Crippen molar-refractivity contribution < 1.29 is 0 Å². The zero-order valence-electron chi connectivity index (χ0n) is 6.55. The maximum Gasteiger partial charge on any atom is 0.0175 e. The van der Waals surface area contributed by atoms with Crippen molar-refractivity contribution in [2.75, 3.05) is 0 Å². The lowest BCUT2D eigenvalue weighted by molar-refractivity contribution is 0.914. The molecule has 0 aliphatic heterocycles. The quantitative estimate of drug-likeness (QED) is 0.666. The first-order chi connectivity index (χ1) is 5.27. The third-order valence-electron chi connectivity index (χ3n) is 2.41. The van der Waals surface area contributed by atoms with Crippen LogP contribution in [0.3, 0.4) is 0 Å². The van der Waals surface area contributed by atoms with E-state index in [2.05, 4.69) is 47.1 Å². The minimum Gasteiger partial charge on any atom is -0.0619 e. The van der Waals surface area contributed by atoms with Crippen LogP contribution in [0.15, 0.2) is 28.7 Å². The Morgan fingerprint density at radius 2 is 1.82 bits per heavy atom. The lowest BCUT2D eigenvalue weighted by Gasteiger charge is -1.97. The molecule has 0 heterocycles. The second-order valence-corrected chi connectivity index (χ2v) is 4.29. The summed E-state index contributed by atoms with van der Waals surface area (Å²) in [6.45, 7) is 2.31. The molecule has 2 rings (SSSR count). The fraction of sp³-hybridized carbons (Fsp3) is 0.400.